The van der Waals surface area contributed by atoms with Gasteiger partial charge in [-0.15, -0.1) is 0 Å². The quantitative estimate of drug-likeness (QED) is 0.0529. The first-order valence-electron chi connectivity index (χ1n) is 19.6. The second kappa shape index (κ2) is 32.8. The molecule has 0 aromatic heterocycles. The van der Waals surface area contributed by atoms with Crippen molar-refractivity contribution in [2.75, 3.05) is 13.2 Å². The van der Waals surface area contributed by atoms with Gasteiger partial charge in [0.1, 0.15) is 0 Å². The van der Waals surface area contributed by atoms with Crippen LogP contribution in [0.5, 0.6) is 0 Å². The zero-order valence-electron chi connectivity index (χ0n) is 30.4. The van der Waals surface area contributed by atoms with E-state index < -0.39 is 11.6 Å². The summed E-state index contributed by atoms with van der Waals surface area (Å²) in [5.41, 5.74) is 5.39. The summed E-state index contributed by atoms with van der Waals surface area (Å²) in [6.07, 6.45) is 33.9. The van der Waals surface area contributed by atoms with Crippen LogP contribution in [0.1, 0.15) is 213 Å². The molecule has 0 saturated heterocycles. The maximum Gasteiger partial charge on any atom is 0.305 e. The molecule has 0 bridgehead atoms. The molecule has 0 aliphatic rings. The van der Waals surface area contributed by atoms with Crippen molar-refractivity contribution in [1.29, 1.82) is 0 Å². The summed E-state index contributed by atoms with van der Waals surface area (Å²) in [5, 5.41) is 10.5. The highest BCUT2D eigenvalue weighted by Gasteiger charge is 2.28. The number of hydrogen-bond donors (Lipinski definition) is 2. The first-order chi connectivity index (χ1) is 21.8. The molecule has 0 aliphatic carbocycles. The van der Waals surface area contributed by atoms with Crippen LogP contribution in [-0.4, -0.2) is 41.9 Å². The molecule has 0 spiro atoms. The average Bonchev–Trinajstić information content (AvgIpc) is 3.01. The number of rotatable bonds is 35. The van der Waals surface area contributed by atoms with Crippen molar-refractivity contribution in [3.05, 3.63) is 0 Å². The highest BCUT2D eigenvalue weighted by atomic mass is 16.5. The fourth-order valence-corrected chi connectivity index (χ4v) is 5.88. The largest absolute Gasteiger partial charge is 0.466 e. The van der Waals surface area contributed by atoms with E-state index >= 15 is 0 Å². The van der Waals surface area contributed by atoms with E-state index in [0.717, 1.165) is 25.7 Å². The second-order valence-corrected chi connectivity index (χ2v) is 14.0. The Morgan fingerprint density at radius 3 is 1.16 bits per heavy atom. The van der Waals surface area contributed by atoms with Gasteiger partial charge in [-0.05, 0) is 19.8 Å². The molecule has 0 heterocycles. The summed E-state index contributed by atoms with van der Waals surface area (Å²) in [7, 11) is 0. The highest BCUT2D eigenvalue weighted by Crippen LogP contribution is 2.17. The Hall–Kier alpha value is -1.14. The summed E-state index contributed by atoms with van der Waals surface area (Å²) in [5.74, 6) is -0.392. The molecular weight excluding hydrogens is 562 g/mol. The molecule has 0 rings (SSSR count). The van der Waals surface area contributed by atoms with Crippen molar-refractivity contribution in [2.24, 2.45) is 5.73 Å². The van der Waals surface area contributed by atoms with Crippen LogP contribution in [0.4, 0.5) is 0 Å². The van der Waals surface area contributed by atoms with Gasteiger partial charge in [-0.25, -0.2) is 0 Å². The van der Waals surface area contributed by atoms with Crippen molar-refractivity contribution in [1.82, 2.24) is 0 Å². The fraction of sp³-hybridized carbons (Fsp3) is 0.949. The minimum absolute atomic E-state index is 0.157. The van der Waals surface area contributed by atoms with E-state index in [4.69, 9.17) is 15.2 Å². The average molecular weight is 640 g/mol. The molecule has 3 N–H and O–H groups in total. The molecule has 0 radical (unpaired) electrons. The van der Waals surface area contributed by atoms with Gasteiger partial charge >= 0.3 is 11.9 Å². The number of nitrogens with two attached hydrogens (primary N) is 1. The molecule has 6 nitrogen and oxygen atoms in total. The van der Waals surface area contributed by atoms with Crippen LogP contribution in [0.2, 0.25) is 0 Å². The van der Waals surface area contributed by atoms with Gasteiger partial charge in [0.25, 0.3) is 0 Å². The Morgan fingerprint density at radius 1 is 0.533 bits per heavy atom. The number of ether oxygens (including phenoxy) is 2. The Balaban J connectivity index is 3.62. The lowest BCUT2D eigenvalue weighted by molar-refractivity contribution is -0.146. The van der Waals surface area contributed by atoms with Crippen LogP contribution < -0.4 is 5.73 Å². The van der Waals surface area contributed by atoms with Gasteiger partial charge in [-0.1, -0.05) is 168 Å². The van der Waals surface area contributed by atoms with Gasteiger partial charge in [0.05, 0.1) is 19.3 Å². The number of hydrogen-bond acceptors (Lipinski definition) is 6. The maximum atomic E-state index is 12.1. The zero-order valence-corrected chi connectivity index (χ0v) is 30.4. The minimum Gasteiger partial charge on any atom is -0.466 e. The number of unbranched alkanes of at least 4 members (excludes halogenated alkanes) is 24. The topological polar surface area (TPSA) is 98.8 Å². The molecule has 0 aromatic rings. The smallest absolute Gasteiger partial charge is 0.305 e. The number of aliphatic hydroxyl groups is 1. The van der Waals surface area contributed by atoms with Gasteiger partial charge in [0.2, 0.25) is 0 Å². The summed E-state index contributed by atoms with van der Waals surface area (Å²) >= 11 is 0. The third-order valence-electron chi connectivity index (χ3n) is 9.29. The molecule has 2 unspecified atom stereocenters. The standard InChI is InChI=1S/C39H77NO5/c1-4-6-8-10-12-14-16-18-20-22-24-26-28-30-37(42)44-34-32-36(41)39(3,40)33-35-45-38(43)31-29-27-25-23-21-19-17-15-13-11-9-7-5-2/h36,41H,4-35,40H2,1-3H3. The Labute approximate surface area is 279 Å². The zero-order chi connectivity index (χ0) is 33.3. The van der Waals surface area contributed by atoms with Crippen molar-refractivity contribution >= 4 is 11.9 Å². The van der Waals surface area contributed by atoms with Gasteiger partial charge < -0.3 is 20.3 Å². The van der Waals surface area contributed by atoms with Gasteiger partial charge in [-0.2, -0.15) is 0 Å². The van der Waals surface area contributed by atoms with Crippen molar-refractivity contribution in [2.45, 2.75) is 225 Å². The SMILES string of the molecule is CCCCCCCCCCCCCCCC(=O)OCCC(O)C(C)(N)CCOC(=O)CCCCCCCCCCCCCCC. The van der Waals surface area contributed by atoms with Gasteiger partial charge in [0, 0.05) is 31.2 Å². The van der Waals surface area contributed by atoms with Crippen molar-refractivity contribution in [3.63, 3.8) is 0 Å². The lowest BCUT2D eigenvalue weighted by atomic mass is 9.90. The molecule has 0 saturated carbocycles. The van der Waals surface area contributed by atoms with Crippen LogP contribution in [0.15, 0.2) is 0 Å². The van der Waals surface area contributed by atoms with Crippen molar-refractivity contribution < 1.29 is 24.2 Å². The predicted octanol–water partition coefficient (Wildman–Crippen LogP) is 10.9. The fourth-order valence-electron chi connectivity index (χ4n) is 5.88. The molecule has 0 aliphatic heterocycles. The second-order valence-electron chi connectivity index (χ2n) is 14.0. The Kier molecular flexibility index (Phi) is 32.0. The van der Waals surface area contributed by atoms with Crippen LogP contribution in [0, 0.1) is 0 Å². The summed E-state index contributed by atoms with van der Waals surface area (Å²) in [6.45, 7) is 6.63. The molecule has 45 heavy (non-hydrogen) atoms. The first kappa shape index (κ1) is 43.9. The molecule has 6 heteroatoms. The van der Waals surface area contributed by atoms with E-state index in [1.807, 2.05) is 0 Å². The Bertz CT molecular complexity index is 653. The molecule has 0 aromatic carbocycles. The predicted molar refractivity (Wildman–Crippen MR) is 190 cm³/mol. The maximum absolute atomic E-state index is 12.1. The minimum atomic E-state index is -0.906. The van der Waals surface area contributed by atoms with E-state index in [1.54, 1.807) is 6.92 Å². The lowest BCUT2D eigenvalue weighted by Gasteiger charge is -2.30. The van der Waals surface area contributed by atoms with E-state index in [0.29, 0.717) is 19.3 Å². The summed E-state index contributed by atoms with van der Waals surface area (Å²) in [6, 6.07) is 0. The summed E-state index contributed by atoms with van der Waals surface area (Å²) < 4.78 is 10.7. The van der Waals surface area contributed by atoms with Gasteiger partial charge in [0.15, 0.2) is 0 Å². The third-order valence-corrected chi connectivity index (χ3v) is 9.29. The first-order valence-corrected chi connectivity index (χ1v) is 19.6. The molecular formula is C39H77NO5. The van der Waals surface area contributed by atoms with Crippen LogP contribution in [0.25, 0.3) is 0 Å². The monoisotopic (exact) mass is 640 g/mol. The number of carbonyl (C=O) groups excluding carboxylic acids is 2. The van der Waals surface area contributed by atoms with E-state index in [-0.39, 0.29) is 31.6 Å². The summed E-state index contributed by atoms with van der Waals surface area (Å²) in [4.78, 5) is 24.2. The molecule has 2 atom stereocenters. The molecule has 0 amide bonds. The van der Waals surface area contributed by atoms with E-state index in [2.05, 4.69) is 13.8 Å². The molecule has 268 valence electrons. The van der Waals surface area contributed by atoms with Crippen LogP contribution in [-0.2, 0) is 19.1 Å². The molecule has 0 fully saturated rings. The lowest BCUT2D eigenvalue weighted by Crippen LogP contribution is -2.49. The third kappa shape index (κ3) is 31.2. The van der Waals surface area contributed by atoms with Crippen LogP contribution in [0.3, 0.4) is 0 Å². The Morgan fingerprint density at radius 2 is 0.822 bits per heavy atom. The van der Waals surface area contributed by atoms with Gasteiger partial charge in [-0.3, -0.25) is 9.59 Å². The normalized spacial score (nSPS) is 13.4. The van der Waals surface area contributed by atoms with E-state index in [1.165, 1.54) is 141 Å². The van der Waals surface area contributed by atoms with Crippen molar-refractivity contribution in [3.8, 4) is 0 Å². The number of aliphatic hydroxyl groups excluding tert-OH is 1. The number of carbonyl (C=O) groups is 2. The highest BCUT2D eigenvalue weighted by molar-refractivity contribution is 5.69. The van der Waals surface area contributed by atoms with Crippen LogP contribution >= 0.6 is 0 Å². The van der Waals surface area contributed by atoms with E-state index in [9.17, 15) is 14.7 Å². The number of esters is 2.